The smallest absolute Gasteiger partial charge is 0.272 e. The fourth-order valence-electron chi connectivity index (χ4n) is 1.30. The number of hydrazone groups is 1. The molecule has 1 aromatic carbocycles. The molecule has 2 N–H and O–H groups in total. The minimum absolute atomic E-state index is 0.0664. The first-order chi connectivity index (χ1) is 9.08. The maximum Gasteiger partial charge on any atom is 0.272 e. The van der Waals surface area contributed by atoms with E-state index in [4.69, 9.17) is 0 Å². The predicted molar refractivity (Wildman–Crippen MR) is 82.9 cm³/mol. The molecular weight excluding hydrogens is 396 g/mol. The van der Waals surface area contributed by atoms with Crippen LogP contribution in [0.2, 0.25) is 0 Å². The second-order valence-electron chi connectivity index (χ2n) is 3.54. The molecule has 4 nitrogen and oxygen atoms in total. The van der Waals surface area contributed by atoms with Crippen molar-refractivity contribution >= 4 is 55.3 Å². The van der Waals surface area contributed by atoms with Crippen LogP contribution in [0.4, 0.5) is 0 Å². The number of carbonyl (C=O) groups is 1. The summed E-state index contributed by atoms with van der Waals surface area (Å²) in [6.45, 7) is 0. The van der Waals surface area contributed by atoms with E-state index in [0.29, 0.717) is 15.6 Å². The largest absolute Gasteiger partial charge is 0.506 e. The molecule has 0 spiro atoms. The number of nitrogens with one attached hydrogen (secondary N) is 1. The molecule has 7 heteroatoms. The first kappa shape index (κ1) is 14.2. The Morgan fingerprint density at radius 2 is 2.21 bits per heavy atom. The summed E-state index contributed by atoms with van der Waals surface area (Å²) in [7, 11) is 0. The van der Waals surface area contributed by atoms with Gasteiger partial charge >= 0.3 is 0 Å². The Morgan fingerprint density at radius 1 is 1.42 bits per heavy atom. The van der Waals surface area contributed by atoms with Crippen LogP contribution < -0.4 is 5.43 Å². The van der Waals surface area contributed by atoms with E-state index in [1.54, 1.807) is 23.6 Å². The fraction of sp³-hybridized carbons (Fsp3) is 0. The lowest BCUT2D eigenvalue weighted by atomic mass is 10.2. The maximum absolute atomic E-state index is 11.6. The van der Waals surface area contributed by atoms with Crippen molar-refractivity contribution in [1.82, 2.24) is 5.43 Å². The molecule has 0 saturated carbocycles. The van der Waals surface area contributed by atoms with Crippen molar-refractivity contribution in [3.63, 3.8) is 0 Å². The number of benzene rings is 1. The Kier molecular flexibility index (Phi) is 4.73. The lowest BCUT2D eigenvalue weighted by Gasteiger charge is -2.02. The number of carbonyl (C=O) groups excluding carboxylic acids is 1. The van der Waals surface area contributed by atoms with Crippen molar-refractivity contribution in [3.05, 3.63) is 49.0 Å². The van der Waals surface area contributed by atoms with Gasteiger partial charge in [0.15, 0.2) is 0 Å². The standard InChI is InChI=1S/C12H8Br2N2O2S/c13-9-3-8(11(17)10(14)4-9)5-15-16-12(18)7-1-2-19-6-7/h1-6,17H,(H,16,18). The number of thiophene rings is 1. The minimum Gasteiger partial charge on any atom is -0.506 e. The Labute approximate surface area is 130 Å². The minimum atomic E-state index is -0.286. The number of hydrogen-bond acceptors (Lipinski definition) is 4. The third kappa shape index (κ3) is 3.65. The lowest BCUT2D eigenvalue weighted by molar-refractivity contribution is 0.0955. The fourth-order valence-corrected chi connectivity index (χ4v) is 3.20. The van der Waals surface area contributed by atoms with Gasteiger partial charge in [-0.05, 0) is 39.5 Å². The molecule has 19 heavy (non-hydrogen) atoms. The molecule has 0 atom stereocenters. The first-order valence-electron chi connectivity index (χ1n) is 5.11. The Bertz CT molecular complexity index is 627. The van der Waals surface area contributed by atoms with Gasteiger partial charge in [0.2, 0.25) is 0 Å². The third-order valence-electron chi connectivity index (χ3n) is 2.21. The average molecular weight is 404 g/mol. The molecule has 1 heterocycles. The normalized spacial score (nSPS) is 10.8. The summed E-state index contributed by atoms with van der Waals surface area (Å²) in [6.07, 6.45) is 1.38. The monoisotopic (exact) mass is 402 g/mol. The molecule has 98 valence electrons. The van der Waals surface area contributed by atoms with E-state index in [1.807, 2.05) is 5.38 Å². The van der Waals surface area contributed by atoms with Gasteiger partial charge in [0, 0.05) is 15.4 Å². The van der Waals surface area contributed by atoms with Crippen molar-refractivity contribution in [1.29, 1.82) is 0 Å². The Hall–Kier alpha value is -1.18. The summed E-state index contributed by atoms with van der Waals surface area (Å²) in [5, 5.41) is 17.2. The number of halogens is 2. The van der Waals surface area contributed by atoms with Gasteiger partial charge < -0.3 is 5.11 Å². The SMILES string of the molecule is O=C(NN=Cc1cc(Br)cc(Br)c1O)c1ccsc1. The second-order valence-corrected chi connectivity index (χ2v) is 6.09. The molecule has 0 aliphatic heterocycles. The summed E-state index contributed by atoms with van der Waals surface area (Å²) in [5.41, 5.74) is 3.44. The second kappa shape index (κ2) is 6.31. The number of rotatable bonds is 3. The summed E-state index contributed by atoms with van der Waals surface area (Å²) < 4.78 is 1.34. The molecule has 0 unspecified atom stereocenters. The van der Waals surface area contributed by atoms with E-state index in [9.17, 15) is 9.90 Å². The topological polar surface area (TPSA) is 61.7 Å². The Morgan fingerprint density at radius 3 is 2.89 bits per heavy atom. The third-order valence-corrected chi connectivity index (χ3v) is 3.96. The molecular formula is C12H8Br2N2O2S. The Balaban J connectivity index is 2.09. The van der Waals surface area contributed by atoms with Gasteiger partial charge in [-0.25, -0.2) is 5.43 Å². The van der Waals surface area contributed by atoms with Gasteiger partial charge in [-0.3, -0.25) is 4.79 Å². The van der Waals surface area contributed by atoms with E-state index in [-0.39, 0.29) is 11.7 Å². The van der Waals surface area contributed by atoms with Crippen molar-refractivity contribution in [2.24, 2.45) is 5.10 Å². The number of hydrogen-bond donors (Lipinski definition) is 2. The van der Waals surface area contributed by atoms with Gasteiger partial charge in [0.25, 0.3) is 5.91 Å². The first-order valence-corrected chi connectivity index (χ1v) is 7.64. The molecule has 1 amide bonds. The molecule has 2 rings (SSSR count). The highest BCUT2D eigenvalue weighted by Crippen LogP contribution is 2.30. The van der Waals surface area contributed by atoms with E-state index in [1.165, 1.54) is 17.6 Å². The van der Waals surface area contributed by atoms with E-state index < -0.39 is 0 Å². The molecule has 0 aliphatic rings. The van der Waals surface area contributed by atoms with Crippen LogP contribution in [0.25, 0.3) is 0 Å². The van der Waals surface area contributed by atoms with Crippen LogP contribution in [-0.4, -0.2) is 17.2 Å². The summed E-state index contributed by atoms with van der Waals surface area (Å²) in [5.74, 6) is -0.220. The lowest BCUT2D eigenvalue weighted by Crippen LogP contribution is -2.16. The molecule has 0 aliphatic carbocycles. The van der Waals surface area contributed by atoms with Crippen LogP contribution in [0.1, 0.15) is 15.9 Å². The van der Waals surface area contributed by atoms with Crippen molar-refractivity contribution in [3.8, 4) is 5.75 Å². The van der Waals surface area contributed by atoms with Crippen molar-refractivity contribution in [2.45, 2.75) is 0 Å². The van der Waals surface area contributed by atoms with Crippen LogP contribution >= 0.6 is 43.2 Å². The molecule has 0 saturated heterocycles. The van der Waals surface area contributed by atoms with Gasteiger partial charge in [0.1, 0.15) is 5.75 Å². The quantitative estimate of drug-likeness (QED) is 0.605. The summed E-state index contributed by atoms with van der Waals surface area (Å²) in [4.78, 5) is 11.6. The maximum atomic E-state index is 11.6. The zero-order chi connectivity index (χ0) is 13.8. The van der Waals surface area contributed by atoms with Gasteiger partial charge in [-0.1, -0.05) is 15.9 Å². The summed E-state index contributed by atoms with van der Waals surface area (Å²) >= 11 is 7.97. The van der Waals surface area contributed by atoms with E-state index in [2.05, 4.69) is 42.4 Å². The molecule has 0 radical (unpaired) electrons. The number of phenols is 1. The van der Waals surface area contributed by atoms with Gasteiger partial charge in [-0.15, -0.1) is 0 Å². The van der Waals surface area contributed by atoms with E-state index >= 15 is 0 Å². The van der Waals surface area contributed by atoms with Gasteiger partial charge in [-0.2, -0.15) is 16.4 Å². The highest BCUT2D eigenvalue weighted by Gasteiger charge is 2.06. The van der Waals surface area contributed by atoms with Crippen LogP contribution in [0, 0.1) is 0 Å². The van der Waals surface area contributed by atoms with Crippen LogP contribution in [0.5, 0.6) is 5.75 Å². The van der Waals surface area contributed by atoms with Crippen LogP contribution in [-0.2, 0) is 0 Å². The highest BCUT2D eigenvalue weighted by atomic mass is 79.9. The predicted octanol–water partition coefficient (Wildman–Crippen LogP) is 3.74. The zero-order valence-corrected chi connectivity index (χ0v) is 13.4. The number of nitrogens with zero attached hydrogens (tertiary/aromatic N) is 1. The van der Waals surface area contributed by atoms with Gasteiger partial charge in [0.05, 0.1) is 16.3 Å². The zero-order valence-electron chi connectivity index (χ0n) is 9.43. The molecule has 0 bridgehead atoms. The number of phenolic OH excluding ortho intramolecular Hbond substituents is 1. The van der Waals surface area contributed by atoms with E-state index in [0.717, 1.165) is 4.47 Å². The van der Waals surface area contributed by atoms with Crippen molar-refractivity contribution < 1.29 is 9.90 Å². The van der Waals surface area contributed by atoms with Crippen LogP contribution in [0.15, 0.2) is 43.0 Å². The summed E-state index contributed by atoms with van der Waals surface area (Å²) in [6, 6.07) is 5.12. The molecule has 1 aromatic heterocycles. The number of amides is 1. The number of aromatic hydroxyl groups is 1. The van der Waals surface area contributed by atoms with Crippen LogP contribution in [0.3, 0.4) is 0 Å². The average Bonchev–Trinajstić information content (AvgIpc) is 2.88. The highest BCUT2D eigenvalue weighted by molar-refractivity contribution is 9.11. The molecule has 0 fully saturated rings. The van der Waals surface area contributed by atoms with Crippen molar-refractivity contribution in [2.75, 3.05) is 0 Å². The molecule has 2 aromatic rings.